The molecule has 0 spiro atoms. The Morgan fingerprint density at radius 2 is 1.94 bits per heavy atom. The summed E-state index contributed by atoms with van der Waals surface area (Å²) < 4.78 is 1.07. The van der Waals surface area contributed by atoms with Gasteiger partial charge in [-0.25, -0.2) is 0 Å². The van der Waals surface area contributed by atoms with E-state index in [2.05, 4.69) is 34.2 Å². The lowest BCUT2D eigenvalue weighted by Gasteiger charge is -2.36. The smallest absolute Gasteiger partial charge is 0.0589 e. The molecule has 0 radical (unpaired) electrons. The zero-order chi connectivity index (χ0) is 11.6. The predicted molar refractivity (Wildman–Crippen MR) is 73.7 cm³/mol. The topological polar surface area (TPSA) is 38.0 Å². The van der Waals surface area contributed by atoms with Crippen molar-refractivity contribution in [2.45, 2.75) is 44.6 Å². The van der Waals surface area contributed by atoms with Crippen LogP contribution in [0.3, 0.4) is 0 Å². The molecule has 0 amide bonds. The maximum absolute atomic E-state index is 5.98. The summed E-state index contributed by atoms with van der Waals surface area (Å²) in [6.45, 7) is 2.30. The van der Waals surface area contributed by atoms with Crippen LogP contribution in [0, 0.1) is 0 Å². The molecule has 2 rings (SSSR count). The molecule has 88 valence electrons. The minimum atomic E-state index is 0.215. The van der Waals surface area contributed by atoms with Gasteiger partial charge < -0.3 is 11.1 Å². The molecule has 1 aromatic rings. The van der Waals surface area contributed by atoms with E-state index in [4.69, 9.17) is 5.73 Å². The molecule has 0 heterocycles. The normalized spacial score (nSPS) is 19.4. The number of benzene rings is 1. The van der Waals surface area contributed by atoms with Crippen molar-refractivity contribution in [1.82, 2.24) is 0 Å². The largest absolute Gasteiger partial charge is 0.397 e. The van der Waals surface area contributed by atoms with Crippen LogP contribution in [0.1, 0.15) is 39.0 Å². The molecule has 0 bridgehead atoms. The van der Waals surface area contributed by atoms with Crippen molar-refractivity contribution in [1.29, 1.82) is 0 Å². The van der Waals surface area contributed by atoms with Gasteiger partial charge in [0.2, 0.25) is 0 Å². The quantitative estimate of drug-likeness (QED) is 0.799. The third-order valence-corrected chi connectivity index (χ3v) is 3.90. The van der Waals surface area contributed by atoms with Crippen LogP contribution in [-0.4, -0.2) is 5.54 Å². The molecule has 0 atom stereocenters. The average molecular weight is 283 g/mol. The van der Waals surface area contributed by atoms with Gasteiger partial charge in [0, 0.05) is 10.0 Å². The first kappa shape index (κ1) is 11.8. The number of hydrogen-bond donors (Lipinski definition) is 2. The van der Waals surface area contributed by atoms with Crippen LogP contribution < -0.4 is 11.1 Å². The van der Waals surface area contributed by atoms with Crippen molar-refractivity contribution >= 4 is 27.3 Å². The maximum atomic E-state index is 5.98. The lowest BCUT2D eigenvalue weighted by molar-refractivity contribution is 0.349. The van der Waals surface area contributed by atoms with Crippen LogP contribution in [0.2, 0.25) is 0 Å². The minimum absolute atomic E-state index is 0.215. The molecule has 1 aromatic carbocycles. The van der Waals surface area contributed by atoms with Crippen LogP contribution in [0.4, 0.5) is 11.4 Å². The molecule has 0 aromatic heterocycles. The molecule has 1 fully saturated rings. The van der Waals surface area contributed by atoms with Crippen molar-refractivity contribution in [3.05, 3.63) is 22.7 Å². The van der Waals surface area contributed by atoms with Crippen molar-refractivity contribution in [2.75, 3.05) is 11.1 Å². The third kappa shape index (κ3) is 2.70. The van der Waals surface area contributed by atoms with E-state index in [9.17, 15) is 0 Å². The van der Waals surface area contributed by atoms with Gasteiger partial charge >= 0.3 is 0 Å². The van der Waals surface area contributed by atoms with Gasteiger partial charge in [0.1, 0.15) is 0 Å². The Bertz CT molecular complexity index is 370. The molecular formula is C13H19BrN2. The fraction of sp³-hybridized carbons (Fsp3) is 0.538. The Kier molecular flexibility index (Phi) is 3.43. The van der Waals surface area contributed by atoms with Gasteiger partial charge in [-0.05, 0) is 38.0 Å². The number of hydrogen-bond acceptors (Lipinski definition) is 2. The summed E-state index contributed by atoms with van der Waals surface area (Å²) in [6.07, 6.45) is 6.47. The van der Waals surface area contributed by atoms with Gasteiger partial charge in [0.25, 0.3) is 0 Å². The van der Waals surface area contributed by atoms with Gasteiger partial charge in [-0.1, -0.05) is 35.2 Å². The van der Waals surface area contributed by atoms with E-state index in [1.165, 1.54) is 32.1 Å². The molecule has 0 unspecified atom stereocenters. The second kappa shape index (κ2) is 4.66. The molecule has 0 saturated heterocycles. The van der Waals surface area contributed by atoms with Crippen LogP contribution >= 0.6 is 15.9 Å². The standard InChI is InChI=1S/C13H19BrN2/c1-13(7-3-2-4-8-13)16-12-9-10(14)5-6-11(12)15/h5-6,9,16H,2-4,7-8,15H2,1H3. The minimum Gasteiger partial charge on any atom is -0.397 e. The van der Waals surface area contributed by atoms with Crippen LogP contribution in [0.25, 0.3) is 0 Å². The fourth-order valence-electron chi connectivity index (χ4n) is 2.42. The summed E-state index contributed by atoms with van der Waals surface area (Å²) >= 11 is 3.48. The average Bonchev–Trinajstić information content (AvgIpc) is 2.24. The Morgan fingerprint density at radius 3 is 2.62 bits per heavy atom. The first-order chi connectivity index (χ1) is 7.59. The Morgan fingerprint density at radius 1 is 1.25 bits per heavy atom. The van der Waals surface area contributed by atoms with Gasteiger partial charge in [0.05, 0.1) is 11.4 Å². The molecule has 2 nitrogen and oxygen atoms in total. The van der Waals surface area contributed by atoms with Gasteiger partial charge in [-0.15, -0.1) is 0 Å². The Hall–Kier alpha value is -0.700. The predicted octanol–water partition coefficient (Wildman–Crippen LogP) is 4.17. The fourth-order valence-corrected chi connectivity index (χ4v) is 2.78. The Labute approximate surface area is 106 Å². The second-order valence-electron chi connectivity index (χ2n) is 4.98. The molecule has 1 aliphatic carbocycles. The highest BCUT2D eigenvalue weighted by Crippen LogP contribution is 2.34. The summed E-state index contributed by atoms with van der Waals surface area (Å²) in [7, 11) is 0. The highest BCUT2D eigenvalue weighted by molar-refractivity contribution is 9.10. The second-order valence-corrected chi connectivity index (χ2v) is 5.89. The van der Waals surface area contributed by atoms with E-state index in [1.54, 1.807) is 0 Å². The molecular weight excluding hydrogens is 264 g/mol. The molecule has 16 heavy (non-hydrogen) atoms. The molecule has 1 aliphatic rings. The number of nitrogen functional groups attached to an aromatic ring is 1. The van der Waals surface area contributed by atoms with Crippen molar-refractivity contribution in [3.63, 3.8) is 0 Å². The van der Waals surface area contributed by atoms with Crippen LogP contribution in [-0.2, 0) is 0 Å². The highest BCUT2D eigenvalue weighted by atomic mass is 79.9. The molecule has 1 saturated carbocycles. The highest BCUT2D eigenvalue weighted by Gasteiger charge is 2.26. The zero-order valence-electron chi connectivity index (χ0n) is 9.72. The maximum Gasteiger partial charge on any atom is 0.0589 e. The summed E-state index contributed by atoms with van der Waals surface area (Å²) in [5.41, 5.74) is 8.08. The summed E-state index contributed by atoms with van der Waals surface area (Å²) in [5.74, 6) is 0. The summed E-state index contributed by atoms with van der Waals surface area (Å²) in [4.78, 5) is 0. The van der Waals surface area contributed by atoms with E-state index in [-0.39, 0.29) is 5.54 Å². The van der Waals surface area contributed by atoms with E-state index < -0.39 is 0 Å². The van der Waals surface area contributed by atoms with E-state index >= 15 is 0 Å². The van der Waals surface area contributed by atoms with Crippen molar-refractivity contribution < 1.29 is 0 Å². The number of nitrogens with one attached hydrogen (secondary N) is 1. The first-order valence-electron chi connectivity index (χ1n) is 5.92. The van der Waals surface area contributed by atoms with Crippen molar-refractivity contribution in [3.8, 4) is 0 Å². The van der Waals surface area contributed by atoms with Crippen LogP contribution in [0.15, 0.2) is 22.7 Å². The van der Waals surface area contributed by atoms with Gasteiger partial charge in [0.15, 0.2) is 0 Å². The first-order valence-corrected chi connectivity index (χ1v) is 6.72. The van der Waals surface area contributed by atoms with Gasteiger partial charge in [-0.2, -0.15) is 0 Å². The van der Waals surface area contributed by atoms with E-state index in [0.29, 0.717) is 0 Å². The number of anilines is 2. The molecule has 3 N–H and O–H groups in total. The van der Waals surface area contributed by atoms with Gasteiger partial charge in [-0.3, -0.25) is 0 Å². The van der Waals surface area contributed by atoms with Crippen LogP contribution in [0.5, 0.6) is 0 Å². The lowest BCUT2D eigenvalue weighted by atomic mass is 9.83. The lowest BCUT2D eigenvalue weighted by Crippen LogP contribution is -2.36. The Balaban J connectivity index is 2.15. The number of halogens is 1. The number of nitrogens with two attached hydrogens (primary N) is 1. The zero-order valence-corrected chi connectivity index (χ0v) is 11.3. The SMILES string of the molecule is CC1(Nc2cc(Br)ccc2N)CCCCC1. The monoisotopic (exact) mass is 282 g/mol. The van der Waals surface area contributed by atoms with E-state index in [1.807, 2.05) is 12.1 Å². The summed E-state index contributed by atoms with van der Waals surface area (Å²) in [5, 5.41) is 3.61. The summed E-state index contributed by atoms with van der Waals surface area (Å²) in [6, 6.07) is 5.98. The van der Waals surface area contributed by atoms with Crippen molar-refractivity contribution in [2.24, 2.45) is 0 Å². The molecule has 0 aliphatic heterocycles. The van der Waals surface area contributed by atoms with E-state index in [0.717, 1.165) is 15.8 Å². The molecule has 3 heteroatoms. The number of rotatable bonds is 2. The third-order valence-electron chi connectivity index (χ3n) is 3.41.